The third-order valence-electron chi connectivity index (χ3n) is 3.87. The van der Waals surface area contributed by atoms with E-state index in [0.717, 1.165) is 19.7 Å². The molecule has 2 aliphatic rings. The minimum atomic E-state index is 0.537. The van der Waals surface area contributed by atoms with E-state index in [1.165, 1.54) is 45.2 Å². The molecule has 94 valence electrons. The molecule has 0 aliphatic carbocycles. The van der Waals surface area contributed by atoms with Crippen LogP contribution < -0.4 is 5.32 Å². The Kier molecular flexibility index (Phi) is 5.07. The standard InChI is InChI=1S/C13H26N2O/c1-12(15-8-2-3-9-15)11-14-7-6-13-5-4-10-16-13/h12-14H,2-11H2,1H3. The van der Waals surface area contributed by atoms with Gasteiger partial charge in [0, 0.05) is 19.2 Å². The fraction of sp³-hybridized carbons (Fsp3) is 1.00. The molecule has 2 fully saturated rings. The van der Waals surface area contributed by atoms with Gasteiger partial charge < -0.3 is 10.1 Å². The Bertz CT molecular complexity index is 186. The van der Waals surface area contributed by atoms with Gasteiger partial charge in [-0.25, -0.2) is 0 Å². The van der Waals surface area contributed by atoms with Crippen molar-refractivity contribution in [2.75, 3.05) is 32.8 Å². The Morgan fingerprint density at radius 2 is 2.12 bits per heavy atom. The molecule has 0 bridgehead atoms. The SMILES string of the molecule is CC(CNCCC1CCCO1)N1CCCC1. The van der Waals surface area contributed by atoms with E-state index in [0.29, 0.717) is 12.1 Å². The van der Waals surface area contributed by atoms with Gasteiger partial charge in [0.2, 0.25) is 0 Å². The third kappa shape index (κ3) is 3.72. The number of rotatable bonds is 6. The lowest BCUT2D eigenvalue weighted by Gasteiger charge is -2.24. The lowest BCUT2D eigenvalue weighted by molar-refractivity contribution is 0.103. The Morgan fingerprint density at radius 1 is 1.31 bits per heavy atom. The summed E-state index contributed by atoms with van der Waals surface area (Å²) in [5, 5.41) is 3.57. The molecule has 0 aromatic heterocycles. The summed E-state index contributed by atoms with van der Waals surface area (Å²) in [5.41, 5.74) is 0. The van der Waals surface area contributed by atoms with Crippen molar-refractivity contribution in [3.8, 4) is 0 Å². The minimum absolute atomic E-state index is 0.537. The summed E-state index contributed by atoms with van der Waals surface area (Å²) in [6.45, 7) is 8.16. The van der Waals surface area contributed by atoms with Crippen LogP contribution in [0.15, 0.2) is 0 Å². The van der Waals surface area contributed by atoms with Gasteiger partial charge in [0.1, 0.15) is 0 Å². The molecule has 3 heteroatoms. The number of ether oxygens (including phenoxy) is 1. The van der Waals surface area contributed by atoms with Gasteiger partial charge in [-0.05, 0) is 58.7 Å². The number of hydrogen-bond acceptors (Lipinski definition) is 3. The second-order valence-corrected chi connectivity index (χ2v) is 5.22. The first-order valence-corrected chi connectivity index (χ1v) is 6.92. The van der Waals surface area contributed by atoms with E-state index in [-0.39, 0.29) is 0 Å². The first-order chi connectivity index (χ1) is 7.86. The van der Waals surface area contributed by atoms with Gasteiger partial charge in [-0.3, -0.25) is 4.90 Å². The maximum absolute atomic E-state index is 5.61. The van der Waals surface area contributed by atoms with Crippen LogP contribution in [-0.4, -0.2) is 49.8 Å². The minimum Gasteiger partial charge on any atom is -0.378 e. The van der Waals surface area contributed by atoms with Crippen LogP contribution in [0.25, 0.3) is 0 Å². The van der Waals surface area contributed by atoms with Crippen molar-refractivity contribution in [1.82, 2.24) is 10.2 Å². The van der Waals surface area contributed by atoms with Crippen molar-refractivity contribution in [3.05, 3.63) is 0 Å². The lowest BCUT2D eigenvalue weighted by atomic mass is 10.2. The molecule has 16 heavy (non-hydrogen) atoms. The topological polar surface area (TPSA) is 24.5 Å². The van der Waals surface area contributed by atoms with Crippen molar-refractivity contribution in [2.24, 2.45) is 0 Å². The van der Waals surface area contributed by atoms with Crippen LogP contribution in [0, 0.1) is 0 Å². The zero-order chi connectivity index (χ0) is 11.2. The monoisotopic (exact) mass is 226 g/mol. The van der Waals surface area contributed by atoms with Crippen molar-refractivity contribution in [2.45, 2.75) is 51.2 Å². The van der Waals surface area contributed by atoms with E-state index in [1.54, 1.807) is 0 Å². The normalized spacial score (nSPS) is 28.7. The highest BCUT2D eigenvalue weighted by Gasteiger charge is 2.18. The van der Waals surface area contributed by atoms with Crippen LogP contribution >= 0.6 is 0 Å². The zero-order valence-electron chi connectivity index (χ0n) is 10.6. The van der Waals surface area contributed by atoms with Crippen LogP contribution in [0.4, 0.5) is 0 Å². The molecule has 3 nitrogen and oxygen atoms in total. The molecular formula is C13H26N2O. The molecule has 0 aromatic rings. The summed E-state index contributed by atoms with van der Waals surface area (Å²) >= 11 is 0. The molecule has 2 saturated heterocycles. The van der Waals surface area contributed by atoms with Crippen LogP contribution in [0.3, 0.4) is 0 Å². The van der Waals surface area contributed by atoms with Gasteiger partial charge in [-0.1, -0.05) is 0 Å². The summed E-state index contributed by atoms with van der Waals surface area (Å²) in [4.78, 5) is 2.60. The first kappa shape index (κ1) is 12.3. The molecule has 2 atom stereocenters. The predicted octanol–water partition coefficient (Wildman–Crippen LogP) is 1.63. The predicted molar refractivity (Wildman–Crippen MR) is 66.7 cm³/mol. The molecule has 1 N–H and O–H groups in total. The molecular weight excluding hydrogens is 200 g/mol. The Hall–Kier alpha value is -0.120. The number of nitrogens with zero attached hydrogens (tertiary/aromatic N) is 1. The maximum atomic E-state index is 5.61. The Labute approximate surface area is 99.5 Å². The van der Waals surface area contributed by atoms with E-state index in [4.69, 9.17) is 4.74 Å². The second-order valence-electron chi connectivity index (χ2n) is 5.22. The highest BCUT2D eigenvalue weighted by Crippen LogP contribution is 2.14. The van der Waals surface area contributed by atoms with Gasteiger partial charge in [-0.15, -0.1) is 0 Å². The molecule has 2 unspecified atom stereocenters. The zero-order valence-corrected chi connectivity index (χ0v) is 10.6. The van der Waals surface area contributed by atoms with E-state index in [9.17, 15) is 0 Å². The maximum Gasteiger partial charge on any atom is 0.0588 e. The van der Waals surface area contributed by atoms with Crippen LogP contribution in [0.1, 0.15) is 39.0 Å². The molecule has 2 heterocycles. The number of likely N-dealkylation sites (tertiary alicyclic amines) is 1. The largest absolute Gasteiger partial charge is 0.378 e. The van der Waals surface area contributed by atoms with Gasteiger partial charge in [-0.2, -0.15) is 0 Å². The van der Waals surface area contributed by atoms with Crippen LogP contribution in [-0.2, 0) is 4.74 Å². The average Bonchev–Trinajstić information content (AvgIpc) is 2.96. The van der Waals surface area contributed by atoms with Crippen LogP contribution in [0.2, 0.25) is 0 Å². The highest BCUT2D eigenvalue weighted by molar-refractivity contribution is 4.75. The number of hydrogen-bond donors (Lipinski definition) is 1. The highest BCUT2D eigenvalue weighted by atomic mass is 16.5. The van der Waals surface area contributed by atoms with Gasteiger partial charge in [0.05, 0.1) is 6.10 Å². The van der Waals surface area contributed by atoms with Gasteiger partial charge >= 0.3 is 0 Å². The second kappa shape index (κ2) is 6.58. The lowest BCUT2D eigenvalue weighted by Crippen LogP contribution is -2.39. The molecule has 2 rings (SSSR count). The third-order valence-corrected chi connectivity index (χ3v) is 3.87. The van der Waals surface area contributed by atoms with E-state index >= 15 is 0 Å². The summed E-state index contributed by atoms with van der Waals surface area (Å²) in [7, 11) is 0. The van der Waals surface area contributed by atoms with Crippen molar-refractivity contribution >= 4 is 0 Å². The quantitative estimate of drug-likeness (QED) is 0.697. The summed E-state index contributed by atoms with van der Waals surface area (Å²) in [6, 6.07) is 0.701. The Balaban J connectivity index is 1.50. The van der Waals surface area contributed by atoms with Crippen LogP contribution in [0.5, 0.6) is 0 Å². The average molecular weight is 226 g/mol. The number of nitrogens with one attached hydrogen (secondary N) is 1. The molecule has 0 amide bonds. The summed E-state index contributed by atoms with van der Waals surface area (Å²) in [6.07, 6.45) is 7.03. The van der Waals surface area contributed by atoms with E-state index in [2.05, 4.69) is 17.1 Å². The first-order valence-electron chi connectivity index (χ1n) is 6.92. The summed E-state index contributed by atoms with van der Waals surface area (Å²) in [5.74, 6) is 0. The molecule has 0 radical (unpaired) electrons. The van der Waals surface area contributed by atoms with Crippen molar-refractivity contribution in [1.29, 1.82) is 0 Å². The van der Waals surface area contributed by atoms with E-state index in [1.807, 2.05) is 0 Å². The molecule has 0 aromatic carbocycles. The fourth-order valence-corrected chi connectivity index (χ4v) is 2.76. The molecule has 0 saturated carbocycles. The smallest absolute Gasteiger partial charge is 0.0588 e. The Morgan fingerprint density at radius 3 is 2.81 bits per heavy atom. The van der Waals surface area contributed by atoms with Gasteiger partial charge in [0.15, 0.2) is 0 Å². The fourth-order valence-electron chi connectivity index (χ4n) is 2.76. The van der Waals surface area contributed by atoms with Crippen molar-refractivity contribution < 1.29 is 4.74 Å². The van der Waals surface area contributed by atoms with Crippen molar-refractivity contribution in [3.63, 3.8) is 0 Å². The molecule has 0 spiro atoms. The van der Waals surface area contributed by atoms with E-state index < -0.39 is 0 Å². The van der Waals surface area contributed by atoms with Gasteiger partial charge in [0.25, 0.3) is 0 Å². The molecule has 2 aliphatic heterocycles. The summed E-state index contributed by atoms with van der Waals surface area (Å²) < 4.78 is 5.61.